The Morgan fingerprint density at radius 1 is 1.33 bits per heavy atom. The highest BCUT2D eigenvalue weighted by Crippen LogP contribution is 2.30. The topological polar surface area (TPSA) is 56.6 Å². The predicted octanol–water partition coefficient (Wildman–Crippen LogP) is 2.04. The fourth-order valence-corrected chi connectivity index (χ4v) is 3.31. The minimum absolute atomic E-state index is 0.0166. The highest BCUT2D eigenvalue weighted by atomic mass is 16.5. The summed E-state index contributed by atoms with van der Waals surface area (Å²) in [6.07, 6.45) is 0. The van der Waals surface area contributed by atoms with Crippen molar-refractivity contribution in [3.05, 3.63) is 47.3 Å². The largest absolute Gasteiger partial charge is 0.377 e. The molecular weight excluding hydrogens is 306 g/mol. The molecule has 128 valence electrons. The molecule has 0 radical (unpaired) electrons. The molecule has 6 heteroatoms. The molecule has 0 unspecified atom stereocenters. The summed E-state index contributed by atoms with van der Waals surface area (Å²) in [6, 6.07) is 9.88. The van der Waals surface area contributed by atoms with Gasteiger partial charge in [0.2, 0.25) is 5.91 Å². The van der Waals surface area contributed by atoms with Gasteiger partial charge >= 0.3 is 0 Å². The van der Waals surface area contributed by atoms with Crippen LogP contribution in [-0.2, 0) is 14.3 Å². The third kappa shape index (κ3) is 3.07. The zero-order chi connectivity index (χ0) is 17.1. The molecule has 2 heterocycles. The normalized spacial score (nSPS) is 18.0. The fourth-order valence-electron chi connectivity index (χ4n) is 3.31. The minimum atomic E-state index is -0.126. The van der Waals surface area contributed by atoms with Gasteiger partial charge < -0.3 is 14.4 Å². The van der Waals surface area contributed by atoms with Gasteiger partial charge in [0.05, 0.1) is 30.6 Å². The average molecular weight is 329 g/mol. The van der Waals surface area contributed by atoms with E-state index in [1.165, 1.54) is 7.11 Å². The van der Waals surface area contributed by atoms with Gasteiger partial charge in [0, 0.05) is 24.9 Å². The number of rotatable bonds is 4. The van der Waals surface area contributed by atoms with E-state index < -0.39 is 0 Å². The van der Waals surface area contributed by atoms with Crippen molar-refractivity contribution in [3.63, 3.8) is 0 Å². The number of hydrogen-bond donors (Lipinski definition) is 0. The smallest absolute Gasteiger partial charge is 0.249 e. The van der Waals surface area contributed by atoms with Crippen LogP contribution in [-0.4, -0.2) is 54.1 Å². The molecule has 0 aliphatic carbocycles. The van der Waals surface area contributed by atoms with Crippen molar-refractivity contribution in [2.75, 3.05) is 33.5 Å². The van der Waals surface area contributed by atoms with E-state index in [9.17, 15) is 4.79 Å². The first-order valence-corrected chi connectivity index (χ1v) is 8.11. The Morgan fingerprint density at radius 3 is 2.79 bits per heavy atom. The molecule has 1 aliphatic rings. The molecule has 1 aromatic heterocycles. The summed E-state index contributed by atoms with van der Waals surface area (Å²) < 4.78 is 12.6. The van der Waals surface area contributed by atoms with E-state index in [0.29, 0.717) is 19.8 Å². The number of hydrogen-bond acceptors (Lipinski definition) is 4. The second-order valence-corrected chi connectivity index (χ2v) is 5.94. The van der Waals surface area contributed by atoms with Gasteiger partial charge in [0.1, 0.15) is 6.61 Å². The van der Waals surface area contributed by atoms with Crippen molar-refractivity contribution >= 4 is 5.91 Å². The highest BCUT2D eigenvalue weighted by Gasteiger charge is 2.32. The maximum Gasteiger partial charge on any atom is 0.249 e. The van der Waals surface area contributed by atoms with Gasteiger partial charge in [-0.3, -0.25) is 4.79 Å². The van der Waals surface area contributed by atoms with Crippen LogP contribution in [0.25, 0.3) is 5.69 Å². The van der Waals surface area contributed by atoms with Crippen molar-refractivity contribution in [2.24, 2.45) is 0 Å². The van der Waals surface area contributed by atoms with Gasteiger partial charge in [0.25, 0.3) is 0 Å². The molecule has 1 aromatic carbocycles. The van der Waals surface area contributed by atoms with Gasteiger partial charge in [0.15, 0.2) is 0 Å². The van der Waals surface area contributed by atoms with Crippen LogP contribution in [0.15, 0.2) is 30.3 Å². The van der Waals surface area contributed by atoms with Crippen LogP contribution >= 0.6 is 0 Å². The number of aromatic nitrogens is 2. The Kier molecular flexibility index (Phi) is 4.97. The van der Waals surface area contributed by atoms with Crippen molar-refractivity contribution in [1.29, 1.82) is 0 Å². The van der Waals surface area contributed by atoms with Gasteiger partial charge in [-0.25, -0.2) is 4.68 Å². The third-order valence-corrected chi connectivity index (χ3v) is 4.40. The summed E-state index contributed by atoms with van der Waals surface area (Å²) in [7, 11) is 1.54. The van der Waals surface area contributed by atoms with Crippen LogP contribution in [0.5, 0.6) is 0 Å². The monoisotopic (exact) mass is 329 g/mol. The number of methoxy groups -OCH3 is 1. The number of morpholine rings is 1. The molecule has 1 aliphatic heterocycles. The van der Waals surface area contributed by atoms with Crippen molar-refractivity contribution in [2.45, 2.75) is 19.9 Å². The second kappa shape index (κ2) is 7.15. The molecule has 6 nitrogen and oxygen atoms in total. The molecule has 0 spiro atoms. The molecule has 1 amide bonds. The summed E-state index contributed by atoms with van der Waals surface area (Å²) in [4.78, 5) is 14.2. The van der Waals surface area contributed by atoms with Crippen LogP contribution in [0.2, 0.25) is 0 Å². The molecule has 3 rings (SSSR count). The quantitative estimate of drug-likeness (QED) is 0.861. The Labute approximate surface area is 142 Å². The van der Waals surface area contributed by atoms with Crippen LogP contribution in [0.4, 0.5) is 0 Å². The number of ether oxygens (including phenoxy) is 2. The summed E-state index contributed by atoms with van der Waals surface area (Å²) in [5.74, 6) is -0.0166. The van der Waals surface area contributed by atoms with Gasteiger partial charge in [-0.15, -0.1) is 0 Å². The lowest BCUT2D eigenvalue weighted by atomic mass is 10.0. The van der Waals surface area contributed by atoms with Crippen LogP contribution in [0.1, 0.15) is 23.0 Å². The molecular formula is C18H23N3O3. The number of nitrogens with zero attached hydrogens (tertiary/aromatic N) is 3. The lowest BCUT2D eigenvalue weighted by Crippen LogP contribution is -2.45. The van der Waals surface area contributed by atoms with E-state index in [-0.39, 0.29) is 18.6 Å². The summed E-state index contributed by atoms with van der Waals surface area (Å²) in [5, 5.41) is 4.69. The molecule has 0 N–H and O–H groups in total. The first kappa shape index (κ1) is 16.7. The molecule has 2 aromatic rings. The summed E-state index contributed by atoms with van der Waals surface area (Å²) in [6.45, 7) is 5.71. The predicted molar refractivity (Wildman–Crippen MR) is 90.2 cm³/mol. The molecule has 0 saturated carbocycles. The first-order chi connectivity index (χ1) is 11.6. The lowest BCUT2D eigenvalue weighted by Gasteiger charge is -2.36. The number of para-hydroxylation sites is 1. The summed E-state index contributed by atoms with van der Waals surface area (Å²) >= 11 is 0. The maximum absolute atomic E-state index is 12.4. The lowest BCUT2D eigenvalue weighted by molar-refractivity contribution is -0.144. The number of carbonyl (C=O) groups is 1. The van der Waals surface area contributed by atoms with E-state index in [0.717, 1.165) is 22.6 Å². The minimum Gasteiger partial charge on any atom is -0.377 e. The zero-order valence-electron chi connectivity index (χ0n) is 14.4. The Hall–Kier alpha value is -2.18. The molecule has 1 fully saturated rings. The second-order valence-electron chi connectivity index (χ2n) is 5.94. The van der Waals surface area contributed by atoms with Crippen LogP contribution < -0.4 is 0 Å². The van der Waals surface area contributed by atoms with E-state index in [1.807, 2.05) is 53.8 Å². The first-order valence-electron chi connectivity index (χ1n) is 8.11. The van der Waals surface area contributed by atoms with E-state index in [2.05, 4.69) is 5.10 Å². The number of benzene rings is 1. The van der Waals surface area contributed by atoms with Crippen LogP contribution in [0.3, 0.4) is 0 Å². The number of aryl methyl sites for hydroxylation is 1. The van der Waals surface area contributed by atoms with E-state index >= 15 is 0 Å². The van der Waals surface area contributed by atoms with Crippen LogP contribution in [0, 0.1) is 13.8 Å². The number of amides is 1. The van der Waals surface area contributed by atoms with Gasteiger partial charge in [-0.2, -0.15) is 5.10 Å². The molecule has 1 saturated heterocycles. The van der Waals surface area contributed by atoms with E-state index in [1.54, 1.807) is 0 Å². The average Bonchev–Trinajstić information content (AvgIpc) is 2.90. The van der Waals surface area contributed by atoms with Crippen molar-refractivity contribution in [3.8, 4) is 5.69 Å². The fraction of sp³-hybridized carbons (Fsp3) is 0.444. The van der Waals surface area contributed by atoms with Gasteiger partial charge in [-0.1, -0.05) is 18.2 Å². The molecule has 0 bridgehead atoms. The van der Waals surface area contributed by atoms with E-state index in [4.69, 9.17) is 9.47 Å². The summed E-state index contributed by atoms with van der Waals surface area (Å²) in [5.41, 5.74) is 4.02. The zero-order valence-corrected chi connectivity index (χ0v) is 14.4. The molecule has 1 atom stereocenters. The Morgan fingerprint density at radius 2 is 2.08 bits per heavy atom. The number of carbonyl (C=O) groups excluding carboxylic acids is 1. The van der Waals surface area contributed by atoms with Crippen molar-refractivity contribution < 1.29 is 14.3 Å². The highest BCUT2D eigenvalue weighted by molar-refractivity contribution is 5.78. The Bertz CT molecular complexity index is 712. The standard InChI is InChI=1S/C18H23N3O3/c1-13-18(14(2)21(19-13)15-7-5-4-6-8-15)16-11-24-10-9-20(16)17(22)12-23-3/h4-8,16H,9-12H2,1-3H3/t16-/m1/s1. The third-order valence-electron chi connectivity index (χ3n) is 4.40. The van der Waals surface area contributed by atoms with Crippen molar-refractivity contribution in [1.82, 2.24) is 14.7 Å². The van der Waals surface area contributed by atoms with Gasteiger partial charge in [-0.05, 0) is 26.0 Å². The molecule has 24 heavy (non-hydrogen) atoms. The Balaban J connectivity index is 1.98. The SMILES string of the molecule is COCC(=O)N1CCOC[C@@H]1c1c(C)nn(-c2ccccc2)c1C. The maximum atomic E-state index is 12.4.